The van der Waals surface area contributed by atoms with Crippen molar-refractivity contribution >= 4 is 26.8 Å². The number of hydrogen-bond acceptors (Lipinski definition) is 1. The Bertz CT molecular complexity index is 544. The normalized spacial score (nSPS) is 18.8. The molecular weight excluding hydrogens is 276 g/mol. The fourth-order valence-corrected chi connectivity index (χ4v) is 3.15. The first-order chi connectivity index (χ1) is 8.29. The second-order valence-corrected chi connectivity index (χ2v) is 5.67. The summed E-state index contributed by atoms with van der Waals surface area (Å²) in [7, 11) is 0. The van der Waals surface area contributed by atoms with Crippen molar-refractivity contribution in [2.45, 2.75) is 32.2 Å². The number of hydrogen-bond donors (Lipinski definition) is 2. The van der Waals surface area contributed by atoms with Gasteiger partial charge in [-0.05, 0) is 49.6 Å². The maximum atomic E-state index is 3.65. The largest absolute Gasteiger partial charge is 0.358 e. The summed E-state index contributed by atoms with van der Waals surface area (Å²) in [5, 5.41) is 5.03. The van der Waals surface area contributed by atoms with Crippen LogP contribution >= 0.6 is 15.9 Å². The molecule has 3 rings (SSSR count). The number of fused-ring (bicyclic) bond motifs is 3. The number of benzene rings is 1. The molecule has 1 heterocycles. The van der Waals surface area contributed by atoms with Crippen molar-refractivity contribution in [3.8, 4) is 0 Å². The molecule has 1 aromatic heterocycles. The van der Waals surface area contributed by atoms with E-state index in [0.29, 0.717) is 6.04 Å². The summed E-state index contributed by atoms with van der Waals surface area (Å²) in [5.74, 6) is 0. The number of halogens is 1. The van der Waals surface area contributed by atoms with Crippen molar-refractivity contribution in [3.05, 3.63) is 33.9 Å². The maximum Gasteiger partial charge on any atom is 0.0460 e. The number of aromatic amines is 1. The fourth-order valence-electron chi connectivity index (χ4n) is 2.79. The van der Waals surface area contributed by atoms with Crippen molar-refractivity contribution in [1.29, 1.82) is 0 Å². The van der Waals surface area contributed by atoms with Gasteiger partial charge in [-0.15, -0.1) is 0 Å². The van der Waals surface area contributed by atoms with Gasteiger partial charge >= 0.3 is 0 Å². The van der Waals surface area contributed by atoms with Gasteiger partial charge in [0.1, 0.15) is 0 Å². The number of aromatic nitrogens is 1. The van der Waals surface area contributed by atoms with Crippen LogP contribution in [0.4, 0.5) is 0 Å². The molecule has 2 nitrogen and oxygen atoms in total. The summed E-state index contributed by atoms with van der Waals surface area (Å²) in [6.45, 7) is 3.32. The van der Waals surface area contributed by atoms with E-state index in [4.69, 9.17) is 0 Å². The van der Waals surface area contributed by atoms with E-state index in [2.05, 4.69) is 51.4 Å². The Morgan fingerprint density at radius 3 is 3.18 bits per heavy atom. The average molecular weight is 293 g/mol. The van der Waals surface area contributed by atoms with Gasteiger partial charge in [-0.2, -0.15) is 0 Å². The molecule has 2 N–H and O–H groups in total. The van der Waals surface area contributed by atoms with Gasteiger partial charge in [0.15, 0.2) is 0 Å². The third kappa shape index (κ3) is 1.91. The Kier molecular flexibility index (Phi) is 2.97. The highest BCUT2D eigenvalue weighted by Gasteiger charge is 2.26. The topological polar surface area (TPSA) is 27.8 Å². The standard InChI is InChI=1S/C14H17BrN2/c1-2-7-16-12-5-6-13-14(12)10-8-9(15)3-4-11(10)17-13/h3-4,8,12,16-17H,2,5-7H2,1H3. The Hall–Kier alpha value is -0.800. The highest BCUT2D eigenvalue weighted by atomic mass is 79.9. The van der Waals surface area contributed by atoms with Crippen LogP contribution in [0.3, 0.4) is 0 Å². The second-order valence-electron chi connectivity index (χ2n) is 4.75. The number of aryl methyl sites for hydroxylation is 1. The highest BCUT2D eigenvalue weighted by Crippen LogP contribution is 2.37. The second kappa shape index (κ2) is 4.46. The summed E-state index contributed by atoms with van der Waals surface area (Å²) in [5.41, 5.74) is 4.18. The van der Waals surface area contributed by atoms with Gasteiger partial charge < -0.3 is 10.3 Å². The summed E-state index contributed by atoms with van der Waals surface area (Å²) in [6.07, 6.45) is 3.59. The summed E-state index contributed by atoms with van der Waals surface area (Å²) in [4.78, 5) is 3.55. The maximum absolute atomic E-state index is 3.65. The van der Waals surface area contributed by atoms with E-state index >= 15 is 0 Å². The van der Waals surface area contributed by atoms with Crippen LogP contribution < -0.4 is 5.32 Å². The molecule has 0 radical (unpaired) electrons. The summed E-state index contributed by atoms with van der Waals surface area (Å²) >= 11 is 3.56. The Balaban J connectivity index is 2.05. The number of H-pyrrole nitrogens is 1. The molecule has 2 aromatic rings. The van der Waals surface area contributed by atoms with E-state index in [1.54, 1.807) is 0 Å². The zero-order valence-corrected chi connectivity index (χ0v) is 11.6. The third-order valence-electron chi connectivity index (χ3n) is 3.55. The molecule has 0 saturated carbocycles. The quantitative estimate of drug-likeness (QED) is 0.882. The molecule has 1 aliphatic rings. The predicted molar refractivity (Wildman–Crippen MR) is 75.4 cm³/mol. The molecule has 90 valence electrons. The molecule has 3 heteroatoms. The molecule has 0 aliphatic heterocycles. The van der Waals surface area contributed by atoms with Crippen LogP contribution in [0.15, 0.2) is 22.7 Å². The fraction of sp³-hybridized carbons (Fsp3) is 0.429. The van der Waals surface area contributed by atoms with Gasteiger partial charge in [0.2, 0.25) is 0 Å². The lowest BCUT2D eigenvalue weighted by molar-refractivity contribution is 0.531. The van der Waals surface area contributed by atoms with Gasteiger partial charge in [0, 0.05) is 27.1 Å². The van der Waals surface area contributed by atoms with E-state index in [1.165, 1.54) is 41.4 Å². The Labute approximate surface area is 110 Å². The van der Waals surface area contributed by atoms with Gasteiger partial charge in [0.25, 0.3) is 0 Å². The van der Waals surface area contributed by atoms with Crippen LogP contribution in [0.25, 0.3) is 10.9 Å². The highest BCUT2D eigenvalue weighted by molar-refractivity contribution is 9.10. The zero-order valence-electron chi connectivity index (χ0n) is 10.0. The van der Waals surface area contributed by atoms with E-state index < -0.39 is 0 Å². The van der Waals surface area contributed by atoms with Gasteiger partial charge in [0.05, 0.1) is 0 Å². The molecule has 0 fully saturated rings. The molecule has 1 aromatic carbocycles. The number of rotatable bonds is 3. The lowest BCUT2D eigenvalue weighted by Gasteiger charge is -2.12. The predicted octanol–water partition coefficient (Wildman–Crippen LogP) is 3.92. The van der Waals surface area contributed by atoms with E-state index in [0.717, 1.165) is 11.0 Å². The minimum atomic E-state index is 0.535. The van der Waals surface area contributed by atoms with Crippen molar-refractivity contribution in [2.75, 3.05) is 6.54 Å². The van der Waals surface area contributed by atoms with E-state index in [-0.39, 0.29) is 0 Å². The van der Waals surface area contributed by atoms with Crippen LogP contribution in [0.5, 0.6) is 0 Å². The monoisotopic (exact) mass is 292 g/mol. The van der Waals surface area contributed by atoms with Crippen LogP contribution in [0.2, 0.25) is 0 Å². The average Bonchev–Trinajstić information content (AvgIpc) is 2.86. The summed E-state index contributed by atoms with van der Waals surface area (Å²) in [6, 6.07) is 7.03. The van der Waals surface area contributed by atoms with E-state index in [9.17, 15) is 0 Å². The van der Waals surface area contributed by atoms with E-state index in [1.807, 2.05) is 0 Å². The van der Waals surface area contributed by atoms with Crippen LogP contribution in [0, 0.1) is 0 Å². The first-order valence-electron chi connectivity index (χ1n) is 6.33. The molecule has 0 saturated heterocycles. The molecule has 0 bridgehead atoms. The molecule has 0 spiro atoms. The lowest BCUT2D eigenvalue weighted by atomic mass is 10.1. The van der Waals surface area contributed by atoms with Crippen molar-refractivity contribution < 1.29 is 0 Å². The third-order valence-corrected chi connectivity index (χ3v) is 4.05. The van der Waals surface area contributed by atoms with Gasteiger partial charge in [-0.25, -0.2) is 0 Å². The SMILES string of the molecule is CCCNC1CCc2[nH]c3ccc(Br)cc3c21. The van der Waals surface area contributed by atoms with Gasteiger partial charge in [-0.3, -0.25) is 0 Å². The van der Waals surface area contributed by atoms with Crippen LogP contribution in [0.1, 0.15) is 37.1 Å². The first kappa shape index (κ1) is 11.3. The van der Waals surface area contributed by atoms with Crippen LogP contribution in [-0.2, 0) is 6.42 Å². The molecule has 0 amide bonds. The first-order valence-corrected chi connectivity index (χ1v) is 7.12. The molecule has 17 heavy (non-hydrogen) atoms. The van der Waals surface area contributed by atoms with Crippen molar-refractivity contribution in [2.24, 2.45) is 0 Å². The molecule has 1 atom stereocenters. The van der Waals surface area contributed by atoms with Gasteiger partial charge in [-0.1, -0.05) is 22.9 Å². The van der Waals surface area contributed by atoms with Crippen LogP contribution in [-0.4, -0.2) is 11.5 Å². The molecular formula is C14H17BrN2. The molecule has 1 aliphatic carbocycles. The zero-order chi connectivity index (χ0) is 11.8. The minimum absolute atomic E-state index is 0.535. The van der Waals surface area contributed by atoms with Crippen molar-refractivity contribution in [3.63, 3.8) is 0 Å². The lowest BCUT2D eigenvalue weighted by Crippen LogP contribution is -2.19. The minimum Gasteiger partial charge on any atom is -0.358 e. The van der Waals surface area contributed by atoms with Crippen molar-refractivity contribution in [1.82, 2.24) is 10.3 Å². The number of nitrogens with one attached hydrogen (secondary N) is 2. The Morgan fingerprint density at radius 1 is 1.47 bits per heavy atom. The molecule has 1 unspecified atom stereocenters. The smallest absolute Gasteiger partial charge is 0.0460 e. The summed E-state index contributed by atoms with van der Waals surface area (Å²) < 4.78 is 1.16. The Morgan fingerprint density at radius 2 is 2.35 bits per heavy atom.